The molecule has 1 amide bonds. The highest BCUT2D eigenvalue weighted by Gasteiger charge is 2.30. The molecule has 5 rings (SSSR count). The number of rotatable bonds is 14. The molecule has 1 saturated heterocycles. The number of imidazole rings is 1. The van der Waals surface area contributed by atoms with E-state index in [2.05, 4.69) is 21.9 Å². The molecule has 1 aliphatic rings. The third-order valence-corrected chi connectivity index (χ3v) is 9.07. The highest BCUT2D eigenvalue weighted by Crippen LogP contribution is 2.28. The zero-order chi connectivity index (χ0) is 31.8. The van der Waals surface area contributed by atoms with Crippen LogP contribution in [0.25, 0.3) is 11.0 Å². The van der Waals surface area contributed by atoms with Crippen LogP contribution in [0.5, 0.6) is 5.75 Å². The van der Waals surface area contributed by atoms with Gasteiger partial charge in [0.05, 0.1) is 24.7 Å². The molecule has 1 aromatic heterocycles. The predicted octanol–water partition coefficient (Wildman–Crippen LogP) is 6.15. The maximum atomic E-state index is 13.8. The van der Waals surface area contributed by atoms with Crippen molar-refractivity contribution in [3.05, 3.63) is 95.8 Å². The van der Waals surface area contributed by atoms with Crippen molar-refractivity contribution in [2.75, 3.05) is 40.3 Å². The third kappa shape index (κ3) is 7.79. The van der Waals surface area contributed by atoms with Crippen LogP contribution in [-0.2, 0) is 11.4 Å². The summed E-state index contributed by atoms with van der Waals surface area (Å²) in [5.74, 6) is 1.34. The zero-order valence-electron chi connectivity index (χ0n) is 26.5. The summed E-state index contributed by atoms with van der Waals surface area (Å²) >= 11 is 0. The molecule has 238 valence electrons. The number of hydrogen-bond donors (Lipinski definition) is 1. The van der Waals surface area contributed by atoms with Gasteiger partial charge in [-0.25, -0.2) is 9.87 Å². The highest BCUT2D eigenvalue weighted by molar-refractivity contribution is 5.98. The summed E-state index contributed by atoms with van der Waals surface area (Å²) in [6.45, 7) is 5.41. The summed E-state index contributed by atoms with van der Waals surface area (Å²) in [4.78, 5) is 40.6. The topological polar surface area (TPSA) is 97.1 Å². The van der Waals surface area contributed by atoms with E-state index >= 15 is 0 Å². The number of aromatic nitrogens is 2. The molecule has 0 spiro atoms. The van der Waals surface area contributed by atoms with Crippen molar-refractivity contribution in [1.29, 1.82) is 0 Å². The molecule has 9 nitrogen and oxygen atoms in total. The van der Waals surface area contributed by atoms with Crippen LogP contribution < -0.4 is 4.74 Å². The Kier molecular flexibility index (Phi) is 11.0. The summed E-state index contributed by atoms with van der Waals surface area (Å²) in [7, 11) is 3.53. The van der Waals surface area contributed by atoms with Gasteiger partial charge in [-0.1, -0.05) is 49.4 Å². The summed E-state index contributed by atoms with van der Waals surface area (Å²) in [5.41, 5.74) is 3.49. The van der Waals surface area contributed by atoms with E-state index in [-0.39, 0.29) is 23.5 Å². The number of amides is 1. The minimum Gasteiger partial charge on any atom is -0.497 e. The number of likely N-dealkylation sites (N-methyl/N-ethyl adjacent to an activating group) is 1. The average Bonchev–Trinajstić information content (AvgIpc) is 3.46. The van der Waals surface area contributed by atoms with Gasteiger partial charge < -0.3 is 19.1 Å². The van der Waals surface area contributed by atoms with E-state index in [1.165, 1.54) is 5.56 Å². The van der Waals surface area contributed by atoms with Crippen LogP contribution >= 0.6 is 0 Å². The molecule has 2 atom stereocenters. The molecule has 4 aromatic rings. The van der Waals surface area contributed by atoms with E-state index in [4.69, 9.17) is 9.72 Å². The Morgan fingerprint density at radius 2 is 1.69 bits per heavy atom. The number of benzene rings is 3. The molecule has 1 N–H and O–H groups in total. The number of ether oxygens (including phenoxy) is 1. The molecule has 1 aliphatic heterocycles. The second-order valence-corrected chi connectivity index (χ2v) is 12.0. The van der Waals surface area contributed by atoms with E-state index in [1.54, 1.807) is 7.11 Å². The first kappa shape index (κ1) is 32.3. The maximum absolute atomic E-state index is 13.8. The fourth-order valence-corrected chi connectivity index (χ4v) is 6.28. The Labute approximate surface area is 265 Å². The molecule has 1 fully saturated rings. The Morgan fingerprint density at radius 3 is 2.36 bits per heavy atom. The summed E-state index contributed by atoms with van der Waals surface area (Å²) in [6.07, 6.45) is 2.59. The van der Waals surface area contributed by atoms with E-state index in [0.717, 1.165) is 55.7 Å². The minimum atomic E-state index is -0.420. The number of likely N-dealkylation sites (tertiary alicyclic amines) is 1. The number of Topliss-reactive ketones (excluding diaryl/α,β-unsaturated/α-hetero) is 1. The molecule has 0 saturated carbocycles. The summed E-state index contributed by atoms with van der Waals surface area (Å²) < 4.78 is 7.28. The van der Waals surface area contributed by atoms with Gasteiger partial charge in [-0.05, 0) is 87.3 Å². The molecule has 2 unspecified atom stereocenters. The molecular weight excluding hydrogens is 568 g/mol. The SMILES string of the molecule is CCC(Cn1c(C(=O)C2CCN(CCC(CN(C)C(=O)c3ccccc3)c3ccc(OC)cc3)CC2)nc2ccccc21)OO. The maximum Gasteiger partial charge on any atom is 0.253 e. The number of fused-ring (bicyclic) bond motifs is 1. The van der Waals surface area contributed by atoms with Crippen LogP contribution in [0, 0.1) is 5.92 Å². The van der Waals surface area contributed by atoms with Crippen LogP contribution in [0.3, 0.4) is 0 Å². The first-order chi connectivity index (χ1) is 21.9. The molecular formula is C36H44N4O5. The minimum absolute atomic E-state index is 0.00951. The zero-order valence-corrected chi connectivity index (χ0v) is 26.5. The molecule has 9 heteroatoms. The van der Waals surface area contributed by atoms with Crippen molar-refractivity contribution >= 4 is 22.7 Å². The molecule has 45 heavy (non-hydrogen) atoms. The number of para-hydroxylation sites is 2. The number of carbonyl (C=O) groups excluding carboxylic acids is 2. The van der Waals surface area contributed by atoms with Crippen molar-refractivity contribution in [2.45, 2.75) is 51.2 Å². The number of ketones is 1. The lowest BCUT2D eigenvalue weighted by atomic mass is 9.90. The lowest BCUT2D eigenvalue weighted by Crippen LogP contribution is -2.39. The number of carbonyl (C=O) groups is 2. The monoisotopic (exact) mass is 612 g/mol. The lowest BCUT2D eigenvalue weighted by molar-refractivity contribution is -0.281. The Hall–Kier alpha value is -4.05. The van der Waals surface area contributed by atoms with Crippen LogP contribution in [0.4, 0.5) is 0 Å². The normalized spacial score (nSPS) is 15.6. The van der Waals surface area contributed by atoms with Crippen molar-refractivity contribution in [3.8, 4) is 5.75 Å². The molecule has 0 bridgehead atoms. The van der Waals surface area contributed by atoms with Crippen molar-refractivity contribution in [3.63, 3.8) is 0 Å². The molecule has 0 aliphatic carbocycles. The first-order valence-corrected chi connectivity index (χ1v) is 15.9. The van der Waals surface area contributed by atoms with E-state index in [9.17, 15) is 14.8 Å². The van der Waals surface area contributed by atoms with Gasteiger partial charge in [-0.3, -0.25) is 14.8 Å². The summed E-state index contributed by atoms with van der Waals surface area (Å²) in [5, 5.41) is 9.37. The van der Waals surface area contributed by atoms with Crippen LogP contribution in [-0.4, -0.2) is 82.7 Å². The van der Waals surface area contributed by atoms with E-state index in [1.807, 2.05) is 90.2 Å². The van der Waals surface area contributed by atoms with Crippen LogP contribution in [0.1, 0.15) is 65.1 Å². The first-order valence-electron chi connectivity index (χ1n) is 15.9. The number of methoxy groups -OCH3 is 1. The number of hydrogen-bond acceptors (Lipinski definition) is 7. The standard InChI is InChI=1S/C36H44N4O5/c1-4-30(45-43)25-40-33-13-9-8-12-32(33)37-35(40)34(41)27-18-21-39(22-19-27)23-20-29(26-14-16-31(44-3)17-15-26)24-38(2)36(42)28-10-6-5-7-11-28/h5-17,27,29-30,43H,4,18-25H2,1-3H3. The van der Waals surface area contributed by atoms with Gasteiger partial charge in [0.2, 0.25) is 5.78 Å². The van der Waals surface area contributed by atoms with Gasteiger partial charge in [0.15, 0.2) is 5.82 Å². The van der Waals surface area contributed by atoms with E-state index in [0.29, 0.717) is 30.9 Å². The summed E-state index contributed by atoms with van der Waals surface area (Å²) in [6, 6.07) is 25.2. The van der Waals surface area contributed by atoms with Crippen molar-refractivity contribution in [1.82, 2.24) is 19.4 Å². The van der Waals surface area contributed by atoms with Gasteiger partial charge in [0.1, 0.15) is 11.9 Å². The molecule has 0 radical (unpaired) electrons. The fraction of sp³-hybridized carbons (Fsp3) is 0.417. The highest BCUT2D eigenvalue weighted by atomic mass is 17.1. The van der Waals surface area contributed by atoms with Gasteiger partial charge in [-0.2, -0.15) is 0 Å². The largest absolute Gasteiger partial charge is 0.497 e. The van der Waals surface area contributed by atoms with Gasteiger partial charge in [-0.15, -0.1) is 0 Å². The van der Waals surface area contributed by atoms with Gasteiger partial charge >= 0.3 is 0 Å². The quantitative estimate of drug-likeness (QED) is 0.104. The fourth-order valence-electron chi connectivity index (χ4n) is 6.28. The smallest absolute Gasteiger partial charge is 0.253 e. The Balaban J connectivity index is 1.23. The Bertz CT molecular complexity index is 1540. The Morgan fingerprint density at radius 1 is 1.00 bits per heavy atom. The van der Waals surface area contributed by atoms with Gasteiger partial charge in [0.25, 0.3) is 5.91 Å². The predicted molar refractivity (Wildman–Crippen MR) is 175 cm³/mol. The van der Waals surface area contributed by atoms with E-state index < -0.39 is 6.10 Å². The number of piperidine rings is 1. The van der Waals surface area contributed by atoms with Crippen molar-refractivity contribution in [2.24, 2.45) is 5.92 Å². The van der Waals surface area contributed by atoms with Gasteiger partial charge in [0, 0.05) is 31.0 Å². The lowest BCUT2D eigenvalue weighted by Gasteiger charge is -2.33. The van der Waals surface area contributed by atoms with Crippen molar-refractivity contribution < 1.29 is 24.5 Å². The molecule has 2 heterocycles. The van der Waals surface area contributed by atoms with Crippen LogP contribution in [0.2, 0.25) is 0 Å². The average molecular weight is 613 g/mol. The van der Waals surface area contributed by atoms with Crippen LogP contribution in [0.15, 0.2) is 78.9 Å². The third-order valence-electron chi connectivity index (χ3n) is 9.07. The second-order valence-electron chi connectivity index (χ2n) is 12.0. The number of nitrogens with zero attached hydrogens (tertiary/aromatic N) is 4. The second kappa shape index (κ2) is 15.3. The molecule has 3 aromatic carbocycles.